The normalized spacial score (nSPS) is 11.6. The van der Waals surface area contributed by atoms with Gasteiger partial charge in [0.05, 0.1) is 11.1 Å². The first-order chi connectivity index (χ1) is 11.6. The highest BCUT2D eigenvalue weighted by Gasteiger charge is 2.18. The number of benzene rings is 1. The molecule has 5 heteroatoms. The van der Waals surface area contributed by atoms with Crippen LogP contribution >= 0.6 is 0 Å². The van der Waals surface area contributed by atoms with Crippen molar-refractivity contribution in [3.8, 4) is 0 Å². The fraction of sp³-hybridized carbons (Fsp3) is 0.316. The average Bonchev–Trinajstić information content (AvgIpc) is 2.63. The third-order valence-corrected chi connectivity index (χ3v) is 3.87. The van der Waals surface area contributed by atoms with Crippen LogP contribution in [0, 0.1) is 0 Å². The van der Waals surface area contributed by atoms with Gasteiger partial charge in [-0.15, -0.1) is 0 Å². The quantitative estimate of drug-likeness (QED) is 0.886. The summed E-state index contributed by atoms with van der Waals surface area (Å²) in [7, 11) is 0. The lowest BCUT2D eigenvalue weighted by Gasteiger charge is -2.21. The van der Waals surface area contributed by atoms with Gasteiger partial charge in [-0.25, -0.2) is 0 Å². The van der Waals surface area contributed by atoms with Gasteiger partial charge in [-0.05, 0) is 38.5 Å². The van der Waals surface area contributed by atoms with Gasteiger partial charge in [0.25, 0.3) is 11.8 Å². The molecule has 126 valence electrons. The summed E-state index contributed by atoms with van der Waals surface area (Å²) in [5.74, 6) is -0.386. The second-order valence-corrected chi connectivity index (χ2v) is 5.63. The Morgan fingerprint density at radius 2 is 1.79 bits per heavy atom. The third kappa shape index (κ3) is 4.19. The van der Waals surface area contributed by atoms with Gasteiger partial charge in [-0.2, -0.15) is 0 Å². The molecule has 1 N–H and O–H groups in total. The molecule has 1 aromatic heterocycles. The second-order valence-electron chi connectivity index (χ2n) is 5.63. The Kier molecular flexibility index (Phi) is 6.07. The van der Waals surface area contributed by atoms with E-state index in [0.29, 0.717) is 17.7 Å². The third-order valence-electron chi connectivity index (χ3n) is 3.87. The van der Waals surface area contributed by atoms with Gasteiger partial charge in [0.2, 0.25) is 0 Å². The molecule has 0 bridgehead atoms. The van der Waals surface area contributed by atoms with E-state index >= 15 is 0 Å². The van der Waals surface area contributed by atoms with Crippen LogP contribution in [0.5, 0.6) is 0 Å². The molecule has 1 unspecified atom stereocenters. The predicted molar refractivity (Wildman–Crippen MR) is 95.2 cm³/mol. The Labute approximate surface area is 142 Å². The number of amides is 2. The summed E-state index contributed by atoms with van der Waals surface area (Å²) < 4.78 is 0. The summed E-state index contributed by atoms with van der Waals surface area (Å²) in [6.07, 6.45) is 3.82. The van der Waals surface area contributed by atoms with Crippen LogP contribution in [0.1, 0.15) is 47.9 Å². The molecule has 5 nitrogen and oxygen atoms in total. The molecule has 2 rings (SSSR count). The van der Waals surface area contributed by atoms with Gasteiger partial charge < -0.3 is 10.2 Å². The molecule has 0 aliphatic carbocycles. The SMILES string of the molecule is CCC(C)NC(=O)c1cncc(C(=O)N(CC)c2ccccc2)c1. The topological polar surface area (TPSA) is 62.3 Å². The Bertz CT molecular complexity index is 701. The number of carbonyl (C=O) groups excluding carboxylic acids is 2. The zero-order valence-corrected chi connectivity index (χ0v) is 14.3. The smallest absolute Gasteiger partial charge is 0.259 e. The van der Waals surface area contributed by atoms with Crippen LogP contribution in [0.15, 0.2) is 48.8 Å². The second kappa shape index (κ2) is 8.24. The summed E-state index contributed by atoms with van der Waals surface area (Å²) in [5.41, 5.74) is 1.61. The Hall–Kier alpha value is -2.69. The molecule has 2 aromatic rings. The van der Waals surface area contributed by atoms with Gasteiger partial charge in [0, 0.05) is 30.7 Å². The van der Waals surface area contributed by atoms with Crippen LogP contribution in [0.2, 0.25) is 0 Å². The Balaban J connectivity index is 2.24. The van der Waals surface area contributed by atoms with Crippen molar-refractivity contribution in [1.82, 2.24) is 10.3 Å². The van der Waals surface area contributed by atoms with Crippen LogP contribution in [-0.2, 0) is 0 Å². The Morgan fingerprint density at radius 1 is 1.12 bits per heavy atom. The van der Waals surface area contributed by atoms with E-state index in [2.05, 4.69) is 10.3 Å². The van der Waals surface area contributed by atoms with Gasteiger partial charge in [-0.1, -0.05) is 25.1 Å². The summed E-state index contributed by atoms with van der Waals surface area (Å²) in [6.45, 7) is 6.39. The number of nitrogens with one attached hydrogen (secondary N) is 1. The van der Waals surface area contributed by atoms with Crippen molar-refractivity contribution in [2.45, 2.75) is 33.2 Å². The largest absolute Gasteiger partial charge is 0.350 e. The predicted octanol–water partition coefficient (Wildman–Crippen LogP) is 3.28. The van der Waals surface area contributed by atoms with Crippen LogP contribution in [0.3, 0.4) is 0 Å². The summed E-state index contributed by atoms with van der Waals surface area (Å²) in [6, 6.07) is 11.1. The Morgan fingerprint density at radius 3 is 2.42 bits per heavy atom. The number of rotatable bonds is 6. The number of hydrogen-bond donors (Lipinski definition) is 1. The van der Waals surface area contributed by atoms with Gasteiger partial charge in [0.1, 0.15) is 0 Å². The van der Waals surface area contributed by atoms with E-state index in [1.165, 1.54) is 12.4 Å². The lowest BCUT2D eigenvalue weighted by atomic mass is 10.1. The monoisotopic (exact) mass is 325 g/mol. The highest BCUT2D eigenvalue weighted by Crippen LogP contribution is 2.16. The molecule has 0 saturated heterocycles. The molecular formula is C19H23N3O2. The molecule has 2 amide bonds. The number of carbonyl (C=O) groups is 2. The van der Waals surface area contributed by atoms with Crippen molar-refractivity contribution in [2.75, 3.05) is 11.4 Å². The highest BCUT2D eigenvalue weighted by atomic mass is 16.2. The molecule has 0 spiro atoms. The molecule has 0 aliphatic rings. The van der Waals surface area contributed by atoms with E-state index in [1.54, 1.807) is 11.0 Å². The average molecular weight is 325 g/mol. The molecule has 1 atom stereocenters. The van der Waals surface area contributed by atoms with Crippen molar-refractivity contribution in [3.05, 3.63) is 59.9 Å². The van der Waals surface area contributed by atoms with E-state index in [1.807, 2.05) is 51.1 Å². The number of hydrogen-bond acceptors (Lipinski definition) is 3. The number of nitrogens with zero attached hydrogens (tertiary/aromatic N) is 2. The fourth-order valence-electron chi connectivity index (χ4n) is 2.30. The van der Waals surface area contributed by atoms with E-state index < -0.39 is 0 Å². The van der Waals surface area contributed by atoms with E-state index in [9.17, 15) is 9.59 Å². The molecule has 0 saturated carbocycles. The van der Waals surface area contributed by atoms with Gasteiger partial charge >= 0.3 is 0 Å². The maximum absolute atomic E-state index is 12.8. The van der Waals surface area contributed by atoms with E-state index in [4.69, 9.17) is 0 Å². The standard InChI is InChI=1S/C19H23N3O2/c1-4-14(3)21-18(23)15-11-16(13-20-12-15)19(24)22(5-2)17-9-7-6-8-10-17/h6-14H,4-5H2,1-3H3,(H,21,23). The van der Waals surface area contributed by atoms with Gasteiger partial charge in [0.15, 0.2) is 0 Å². The van der Waals surface area contributed by atoms with Gasteiger partial charge in [-0.3, -0.25) is 14.6 Å². The first-order valence-electron chi connectivity index (χ1n) is 8.19. The maximum Gasteiger partial charge on any atom is 0.259 e. The van der Waals surface area contributed by atoms with Crippen molar-refractivity contribution in [2.24, 2.45) is 0 Å². The number of para-hydroxylation sites is 1. The highest BCUT2D eigenvalue weighted by molar-refractivity contribution is 6.07. The minimum atomic E-state index is -0.214. The van der Waals surface area contributed by atoms with Crippen LogP contribution in [0.25, 0.3) is 0 Å². The van der Waals surface area contributed by atoms with Crippen LogP contribution in [0.4, 0.5) is 5.69 Å². The van der Waals surface area contributed by atoms with Crippen LogP contribution < -0.4 is 10.2 Å². The van der Waals surface area contributed by atoms with Crippen molar-refractivity contribution in [3.63, 3.8) is 0 Å². The van der Waals surface area contributed by atoms with Crippen molar-refractivity contribution < 1.29 is 9.59 Å². The minimum absolute atomic E-state index is 0.0771. The van der Waals surface area contributed by atoms with E-state index in [0.717, 1.165) is 12.1 Å². The van der Waals surface area contributed by atoms with Crippen LogP contribution in [-0.4, -0.2) is 29.4 Å². The molecule has 0 radical (unpaired) electrons. The molecular weight excluding hydrogens is 302 g/mol. The first kappa shape index (κ1) is 17.7. The minimum Gasteiger partial charge on any atom is -0.350 e. The molecule has 0 fully saturated rings. The zero-order chi connectivity index (χ0) is 17.5. The molecule has 1 aromatic carbocycles. The molecule has 0 aliphatic heterocycles. The molecule has 1 heterocycles. The lowest BCUT2D eigenvalue weighted by Crippen LogP contribution is -2.33. The maximum atomic E-state index is 12.8. The first-order valence-corrected chi connectivity index (χ1v) is 8.19. The lowest BCUT2D eigenvalue weighted by molar-refractivity contribution is 0.0939. The van der Waals surface area contributed by atoms with E-state index in [-0.39, 0.29) is 17.9 Å². The number of pyridine rings is 1. The summed E-state index contributed by atoms with van der Waals surface area (Å²) >= 11 is 0. The summed E-state index contributed by atoms with van der Waals surface area (Å²) in [5, 5.41) is 2.88. The number of aromatic nitrogens is 1. The van der Waals surface area contributed by atoms with Crippen molar-refractivity contribution >= 4 is 17.5 Å². The fourth-order valence-corrected chi connectivity index (χ4v) is 2.30. The molecule has 24 heavy (non-hydrogen) atoms. The summed E-state index contributed by atoms with van der Waals surface area (Å²) in [4.78, 5) is 30.7. The number of anilines is 1. The zero-order valence-electron chi connectivity index (χ0n) is 14.3. The van der Waals surface area contributed by atoms with Crippen molar-refractivity contribution in [1.29, 1.82) is 0 Å².